The molecule has 0 unspecified atom stereocenters. The second-order valence-corrected chi connectivity index (χ2v) is 12.3. The molecule has 5 rings (SSSR count). The average Bonchev–Trinajstić information content (AvgIpc) is 3.61. The largest absolute Gasteiger partial charge is 0.467 e. The predicted octanol–water partition coefficient (Wildman–Crippen LogP) is 5.96. The summed E-state index contributed by atoms with van der Waals surface area (Å²) >= 11 is 9.58. The molecule has 4 aromatic rings. The number of fused-ring (bicyclic) bond motifs is 1. The number of benzene rings is 1. The van der Waals surface area contributed by atoms with Crippen LogP contribution in [0.2, 0.25) is 5.02 Å². The number of hydrogen-bond donors (Lipinski definition) is 1. The number of carbonyl (C=O) groups is 2. The van der Waals surface area contributed by atoms with E-state index in [0.717, 1.165) is 21.8 Å². The number of carbonyl (C=O) groups excluding carboxylic acids is 2. The summed E-state index contributed by atoms with van der Waals surface area (Å²) in [6.07, 6.45) is 1.56. The number of furan rings is 1. The van der Waals surface area contributed by atoms with Gasteiger partial charge in [-0.25, -0.2) is 4.68 Å². The maximum Gasteiger partial charge on any atom is 0.240 e. The molecule has 0 aliphatic carbocycles. The fourth-order valence-corrected chi connectivity index (χ4v) is 6.68. The minimum Gasteiger partial charge on any atom is -0.467 e. The molecular formula is C27H27ClN4O3S2. The SMILES string of the molecule is CC(C)(C)c1nn(-c2cccc(Cl)c2)c2c1[C@@H](c1cccs1)SCC(=O)N2CC(=O)NCc1ccco1. The minimum absolute atomic E-state index is 0.0997. The molecule has 7 nitrogen and oxygen atoms in total. The normalized spacial score (nSPS) is 15.9. The topological polar surface area (TPSA) is 80.4 Å². The standard InChI is InChI=1S/C27H27ClN4O3S2/c1-27(2,3)25-23-24(20-10-6-12-36-20)37-16-22(34)31(15-21(33)29-14-19-9-5-11-35-19)26(23)32(30-25)18-8-4-7-17(28)13-18/h4-13,24H,14-16H2,1-3H3,(H,29,33)/t24-/m1/s1. The van der Waals surface area contributed by atoms with Crippen LogP contribution >= 0.6 is 34.7 Å². The van der Waals surface area contributed by atoms with Gasteiger partial charge in [-0.2, -0.15) is 5.10 Å². The van der Waals surface area contributed by atoms with Crippen molar-refractivity contribution in [2.45, 2.75) is 38.0 Å². The Morgan fingerprint density at radius 1 is 1.22 bits per heavy atom. The van der Waals surface area contributed by atoms with E-state index in [-0.39, 0.29) is 41.3 Å². The molecule has 37 heavy (non-hydrogen) atoms. The first kappa shape index (κ1) is 25.6. The van der Waals surface area contributed by atoms with Gasteiger partial charge in [0.15, 0.2) is 0 Å². The molecule has 1 atom stereocenters. The van der Waals surface area contributed by atoms with Gasteiger partial charge in [-0.15, -0.1) is 23.1 Å². The Morgan fingerprint density at radius 2 is 2.05 bits per heavy atom. The van der Waals surface area contributed by atoms with E-state index in [9.17, 15) is 9.59 Å². The van der Waals surface area contributed by atoms with Crippen molar-refractivity contribution in [2.24, 2.45) is 0 Å². The maximum absolute atomic E-state index is 13.6. The van der Waals surface area contributed by atoms with Crippen LogP contribution < -0.4 is 10.2 Å². The molecule has 1 N–H and O–H groups in total. The predicted molar refractivity (Wildman–Crippen MR) is 149 cm³/mol. The zero-order chi connectivity index (χ0) is 26.2. The molecule has 3 aromatic heterocycles. The van der Waals surface area contributed by atoms with Crippen molar-refractivity contribution in [3.63, 3.8) is 0 Å². The number of thioether (sulfide) groups is 1. The first-order chi connectivity index (χ1) is 17.7. The molecule has 4 heterocycles. The van der Waals surface area contributed by atoms with E-state index >= 15 is 0 Å². The lowest BCUT2D eigenvalue weighted by Gasteiger charge is -2.24. The van der Waals surface area contributed by atoms with Crippen LogP contribution in [-0.2, 0) is 21.5 Å². The van der Waals surface area contributed by atoms with Gasteiger partial charge in [0.2, 0.25) is 11.8 Å². The fourth-order valence-electron chi connectivity index (χ4n) is 4.32. The highest BCUT2D eigenvalue weighted by Crippen LogP contribution is 2.49. The lowest BCUT2D eigenvalue weighted by Crippen LogP contribution is -2.42. The molecule has 0 bridgehead atoms. The first-order valence-electron chi connectivity index (χ1n) is 11.9. The Morgan fingerprint density at radius 3 is 2.73 bits per heavy atom. The quantitative estimate of drug-likeness (QED) is 0.318. The van der Waals surface area contributed by atoms with Crippen molar-refractivity contribution in [2.75, 3.05) is 17.2 Å². The van der Waals surface area contributed by atoms with Crippen LogP contribution in [0.5, 0.6) is 0 Å². The number of amides is 2. The number of rotatable bonds is 6. The van der Waals surface area contributed by atoms with Crippen LogP contribution in [0.25, 0.3) is 5.69 Å². The first-order valence-corrected chi connectivity index (χ1v) is 14.2. The summed E-state index contributed by atoms with van der Waals surface area (Å²) in [6.45, 7) is 6.44. The number of thiophene rings is 1. The molecule has 1 aliphatic rings. The summed E-state index contributed by atoms with van der Waals surface area (Å²) in [4.78, 5) is 29.4. The lowest BCUT2D eigenvalue weighted by atomic mass is 9.88. The summed E-state index contributed by atoms with van der Waals surface area (Å²) in [6, 6.07) is 15.0. The number of hydrogen-bond acceptors (Lipinski definition) is 6. The summed E-state index contributed by atoms with van der Waals surface area (Å²) in [7, 11) is 0. The van der Waals surface area contributed by atoms with Gasteiger partial charge in [-0.3, -0.25) is 14.5 Å². The fraction of sp³-hybridized carbons (Fsp3) is 0.296. The highest BCUT2D eigenvalue weighted by Gasteiger charge is 2.40. The molecule has 0 spiro atoms. The Kier molecular flexibility index (Phi) is 7.20. The van der Waals surface area contributed by atoms with E-state index in [1.807, 2.05) is 29.6 Å². The van der Waals surface area contributed by atoms with E-state index in [2.05, 4.69) is 32.2 Å². The third-order valence-corrected chi connectivity index (χ3v) is 8.55. The summed E-state index contributed by atoms with van der Waals surface area (Å²) in [5, 5.41) is 10.4. The number of nitrogens with zero attached hydrogens (tertiary/aromatic N) is 3. The van der Waals surface area contributed by atoms with E-state index in [1.54, 1.807) is 57.1 Å². The van der Waals surface area contributed by atoms with Crippen molar-refractivity contribution in [3.8, 4) is 5.69 Å². The second kappa shape index (κ2) is 10.4. The van der Waals surface area contributed by atoms with Crippen LogP contribution in [0.15, 0.2) is 64.6 Å². The van der Waals surface area contributed by atoms with Gasteiger partial charge in [-0.05, 0) is 41.8 Å². The van der Waals surface area contributed by atoms with Gasteiger partial charge in [0, 0.05) is 20.9 Å². The van der Waals surface area contributed by atoms with Crippen LogP contribution in [0.4, 0.5) is 5.82 Å². The summed E-state index contributed by atoms with van der Waals surface area (Å²) in [5.41, 5.74) is 2.24. The summed E-state index contributed by atoms with van der Waals surface area (Å²) < 4.78 is 7.10. The van der Waals surface area contributed by atoms with Crippen molar-refractivity contribution in [1.82, 2.24) is 15.1 Å². The molecule has 0 fully saturated rings. The molecule has 0 saturated carbocycles. The van der Waals surface area contributed by atoms with Crippen molar-refractivity contribution in [3.05, 3.63) is 87.1 Å². The van der Waals surface area contributed by atoms with E-state index < -0.39 is 0 Å². The molecule has 192 valence electrons. The van der Waals surface area contributed by atoms with Crippen LogP contribution in [-0.4, -0.2) is 33.9 Å². The maximum atomic E-state index is 13.6. The monoisotopic (exact) mass is 554 g/mol. The van der Waals surface area contributed by atoms with E-state index in [0.29, 0.717) is 16.6 Å². The summed E-state index contributed by atoms with van der Waals surface area (Å²) in [5.74, 6) is 1.05. The lowest BCUT2D eigenvalue weighted by molar-refractivity contribution is -0.123. The third kappa shape index (κ3) is 5.35. The molecule has 0 radical (unpaired) electrons. The highest BCUT2D eigenvalue weighted by atomic mass is 35.5. The molecule has 2 amide bonds. The van der Waals surface area contributed by atoms with Crippen LogP contribution in [0, 0.1) is 0 Å². The third-order valence-electron chi connectivity index (χ3n) is 6.00. The Labute approximate surface area is 228 Å². The number of nitrogens with one attached hydrogen (secondary N) is 1. The van der Waals surface area contributed by atoms with Gasteiger partial charge in [0.1, 0.15) is 18.1 Å². The van der Waals surface area contributed by atoms with Gasteiger partial charge in [-0.1, -0.05) is 44.5 Å². The molecular weight excluding hydrogens is 528 g/mol. The molecule has 10 heteroatoms. The van der Waals surface area contributed by atoms with Gasteiger partial charge < -0.3 is 9.73 Å². The van der Waals surface area contributed by atoms with Gasteiger partial charge in [0.05, 0.1) is 35.2 Å². The van der Waals surface area contributed by atoms with Crippen molar-refractivity contribution >= 4 is 52.3 Å². The van der Waals surface area contributed by atoms with Gasteiger partial charge in [0.25, 0.3) is 0 Å². The minimum atomic E-state index is -0.315. The number of halogens is 1. The smallest absolute Gasteiger partial charge is 0.240 e. The average molecular weight is 555 g/mol. The molecule has 1 aliphatic heterocycles. The Balaban J connectivity index is 1.65. The van der Waals surface area contributed by atoms with Crippen LogP contribution in [0.1, 0.15) is 47.9 Å². The zero-order valence-corrected chi connectivity index (χ0v) is 23.1. The zero-order valence-electron chi connectivity index (χ0n) is 20.7. The molecule has 0 saturated heterocycles. The Hall–Kier alpha value is -3.01. The molecule has 1 aromatic carbocycles. The number of anilines is 1. The second-order valence-electron chi connectivity index (χ2n) is 9.77. The number of aromatic nitrogens is 2. The van der Waals surface area contributed by atoms with E-state index in [4.69, 9.17) is 21.1 Å². The van der Waals surface area contributed by atoms with E-state index in [1.165, 1.54) is 0 Å². The van der Waals surface area contributed by atoms with Crippen molar-refractivity contribution in [1.29, 1.82) is 0 Å². The van der Waals surface area contributed by atoms with Gasteiger partial charge >= 0.3 is 0 Å². The highest BCUT2D eigenvalue weighted by molar-refractivity contribution is 8.00. The van der Waals surface area contributed by atoms with Crippen molar-refractivity contribution < 1.29 is 14.0 Å². The Bertz CT molecular complexity index is 1410. The van der Waals surface area contributed by atoms with Crippen LogP contribution in [0.3, 0.4) is 0 Å².